The number of aryl methyl sites for hydroxylation is 1. The van der Waals surface area contributed by atoms with E-state index in [1.807, 2.05) is 32.9 Å². The van der Waals surface area contributed by atoms with Crippen LogP contribution in [0.3, 0.4) is 0 Å². The molecular weight excluding hydrogens is 212 g/mol. The van der Waals surface area contributed by atoms with E-state index in [-0.39, 0.29) is 11.3 Å². The molecule has 94 valence electrons. The van der Waals surface area contributed by atoms with Gasteiger partial charge in [-0.25, -0.2) is 0 Å². The van der Waals surface area contributed by atoms with Gasteiger partial charge in [0.15, 0.2) is 0 Å². The van der Waals surface area contributed by atoms with Crippen LogP contribution in [0.25, 0.3) is 0 Å². The molecular formula is C15H22O2. The largest absolute Gasteiger partial charge is 0.481 e. The molecule has 17 heavy (non-hydrogen) atoms. The smallest absolute Gasteiger partial charge is 0.307 e. The van der Waals surface area contributed by atoms with Crippen molar-refractivity contribution in [1.82, 2.24) is 0 Å². The van der Waals surface area contributed by atoms with Crippen molar-refractivity contribution in [3.8, 4) is 0 Å². The highest BCUT2D eigenvalue weighted by Gasteiger charge is 2.30. The van der Waals surface area contributed by atoms with Crippen LogP contribution in [-0.4, -0.2) is 11.1 Å². The third-order valence-electron chi connectivity index (χ3n) is 3.21. The highest BCUT2D eigenvalue weighted by molar-refractivity contribution is 5.71. The molecule has 1 unspecified atom stereocenters. The molecule has 1 atom stereocenters. The summed E-state index contributed by atoms with van der Waals surface area (Å²) >= 11 is 0. The van der Waals surface area contributed by atoms with Crippen LogP contribution in [0.5, 0.6) is 0 Å². The fourth-order valence-electron chi connectivity index (χ4n) is 1.91. The number of carbonyl (C=O) groups is 1. The second kappa shape index (κ2) is 5.35. The predicted molar refractivity (Wildman–Crippen MR) is 70.1 cm³/mol. The van der Waals surface area contributed by atoms with E-state index >= 15 is 0 Å². The van der Waals surface area contributed by atoms with Crippen molar-refractivity contribution in [3.63, 3.8) is 0 Å². The van der Waals surface area contributed by atoms with Crippen molar-refractivity contribution in [1.29, 1.82) is 0 Å². The highest BCUT2D eigenvalue weighted by atomic mass is 16.4. The minimum Gasteiger partial charge on any atom is -0.481 e. The number of rotatable bonds is 4. The molecule has 0 spiro atoms. The van der Waals surface area contributed by atoms with Crippen LogP contribution in [0.1, 0.15) is 38.8 Å². The Hall–Kier alpha value is -1.31. The van der Waals surface area contributed by atoms with E-state index in [1.165, 1.54) is 5.56 Å². The summed E-state index contributed by atoms with van der Waals surface area (Å²) in [5, 5.41) is 9.27. The molecule has 0 aromatic heterocycles. The molecule has 2 nitrogen and oxygen atoms in total. The number of aliphatic carboxylic acids is 1. The van der Waals surface area contributed by atoms with Gasteiger partial charge in [0.1, 0.15) is 0 Å². The molecule has 0 saturated carbocycles. The van der Waals surface area contributed by atoms with Gasteiger partial charge in [0.25, 0.3) is 0 Å². The molecule has 0 saturated heterocycles. The van der Waals surface area contributed by atoms with E-state index in [2.05, 4.69) is 19.1 Å². The van der Waals surface area contributed by atoms with Crippen LogP contribution < -0.4 is 0 Å². The first-order chi connectivity index (χ1) is 7.84. The molecule has 1 rings (SSSR count). The predicted octanol–water partition coefficient (Wildman–Crippen LogP) is 3.54. The topological polar surface area (TPSA) is 37.3 Å². The molecule has 0 aliphatic carbocycles. The van der Waals surface area contributed by atoms with Gasteiger partial charge in [0.05, 0.1) is 5.92 Å². The summed E-state index contributed by atoms with van der Waals surface area (Å²) in [6.45, 7) is 8.05. The van der Waals surface area contributed by atoms with Crippen LogP contribution >= 0.6 is 0 Å². The van der Waals surface area contributed by atoms with Gasteiger partial charge in [-0.1, -0.05) is 52.0 Å². The molecule has 1 aromatic rings. The fraction of sp³-hybridized carbons (Fsp3) is 0.533. The SMILES string of the molecule is CCc1ccc(CC(C(=O)O)C(C)(C)C)cc1. The molecule has 0 amide bonds. The van der Waals surface area contributed by atoms with Gasteiger partial charge in [-0.15, -0.1) is 0 Å². The molecule has 1 N–H and O–H groups in total. The summed E-state index contributed by atoms with van der Waals surface area (Å²) in [7, 11) is 0. The molecule has 1 aromatic carbocycles. The number of benzene rings is 1. The molecule has 0 aliphatic rings. The lowest BCUT2D eigenvalue weighted by atomic mass is 9.77. The lowest BCUT2D eigenvalue weighted by molar-refractivity contribution is -0.145. The van der Waals surface area contributed by atoms with Crippen molar-refractivity contribution in [3.05, 3.63) is 35.4 Å². The Morgan fingerprint density at radius 1 is 1.18 bits per heavy atom. The van der Waals surface area contributed by atoms with Crippen LogP contribution in [-0.2, 0) is 17.6 Å². The van der Waals surface area contributed by atoms with Gasteiger partial charge in [-0.05, 0) is 29.4 Å². The zero-order chi connectivity index (χ0) is 13.1. The summed E-state index contributed by atoms with van der Waals surface area (Å²) in [6.07, 6.45) is 1.62. The monoisotopic (exact) mass is 234 g/mol. The zero-order valence-corrected chi connectivity index (χ0v) is 11.2. The van der Waals surface area contributed by atoms with Gasteiger partial charge >= 0.3 is 5.97 Å². The van der Waals surface area contributed by atoms with Gasteiger partial charge in [-0.2, -0.15) is 0 Å². The van der Waals surface area contributed by atoms with Crippen LogP contribution in [0.2, 0.25) is 0 Å². The van der Waals surface area contributed by atoms with E-state index in [4.69, 9.17) is 0 Å². The maximum atomic E-state index is 11.3. The highest BCUT2D eigenvalue weighted by Crippen LogP contribution is 2.29. The number of hydrogen-bond acceptors (Lipinski definition) is 1. The van der Waals surface area contributed by atoms with E-state index in [0.717, 1.165) is 12.0 Å². The minimum atomic E-state index is -0.711. The summed E-state index contributed by atoms with van der Waals surface area (Å²) in [6, 6.07) is 8.24. The Labute approximate surface area is 104 Å². The first-order valence-corrected chi connectivity index (χ1v) is 6.15. The molecule has 2 heteroatoms. The Kier molecular flexibility index (Phi) is 4.33. The maximum absolute atomic E-state index is 11.3. The standard InChI is InChI=1S/C15H22O2/c1-5-11-6-8-12(9-7-11)10-13(14(16)17)15(2,3)4/h6-9,13H,5,10H2,1-4H3,(H,16,17). The van der Waals surface area contributed by atoms with Crippen LogP contribution in [0.4, 0.5) is 0 Å². The van der Waals surface area contributed by atoms with Crippen LogP contribution in [0.15, 0.2) is 24.3 Å². The van der Waals surface area contributed by atoms with Crippen molar-refractivity contribution in [2.24, 2.45) is 11.3 Å². The summed E-state index contributed by atoms with van der Waals surface area (Å²) in [4.78, 5) is 11.3. The summed E-state index contributed by atoms with van der Waals surface area (Å²) in [5.41, 5.74) is 2.18. The van der Waals surface area contributed by atoms with Crippen molar-refractivity contribution in [2.75, 3.05) is 0 Å². The van der Waals surface area contributed by atoms with Gasteiger partial charge in [0.2, 0.25) is 0 Å². The third kappa shape index (κ3) is 3.88. The fourth-order valence-corrected chi connectivity index (χ4v) is 1.91. The van der Waals surface area contributed by atoms with Gasteiger partial charge in [0, 0.05) is 0 Å². The Balaban J connectivity index is 2.83. The molecule has 0 bridgehead atoms. The van der Waals surface area contributed by atoms with E-state index in [0.29, 0.717) is 6.42 Å². The normalized spacial score (nSPS) is 13.4. The Morgan fingerprint density at radius 3 is 2.00 bits per heavy atom. The first kappa shape index (κ1) is 13.8. The lowest BCUT2D eigenvalue weighted by Gasteiger charge is -2.27. The first-order valence-electron chi connectivity index (χ1n) is 6.15. The van der Waals surface area contributed by atoms with Gasteiger partial charge in [-0.3, -0.25) is 4.79 Å². The Bertz CT molecular complexity index is 371. The molecule has 0 aliphatic heterocycles. The number of carboxylic acids is 1. The lowest BCUT2D eigenvalue weighted by Crippen LogP contribution is -2.30. The van der Waals surface area contributed by atoms with E-state index < -0.39 is 5.97 Å². The van der Waals surface area contributed by atoms with Crippen molar-refractivity contribution >= 4 is 5.97 Å². The second-order valence-electron chi connectivity index (χ2n) is 5.63. The Morgan fingerprint density at radius 2 is 1.65 bits per heavy atom. The van der Waals surface area contributed by atoms with Crippen LogP contribution in [0, 0.1) is 11.3 Å². The molecule has 0 heterocycles. The average Bonchev–Trinajstić information content (AvgIpc) is 2.24. The summed E-state index contributed by atoms with van der Waals surface area (Å²) < 4.78 is 0. The maximum Gasteiger partial charge on any atom is 0.307 e. The summed E-state index contributed by atoms with van der Waals surface area (Å²) in [5.74, 6) is -1.05. The van der Waals surface area contributed by atoms with Crippen molar-refractivity contribution in [2.45, 2.75) is 40.5 Å². The molecule has 0 radical (unpaired) electrons. The van der Waals surface area contributed by atoms with Crippen molar-refractivity contribution < 1.29 is 9.90 Å². The molecule has 0 fully saturated rings. The second-order valence-corrected chi connectivity index (χ2v) is 5.63. The van der Waals surface area contributed by atoms with E-state index in [1.54, 1.807) is 0 Å². The quantitative estimate of drug-likeness (QED) is 0.865. The zero-order valence-electron chi connectivity index (χ0n) is 11.2. The third-order valence-corrected chi connectivity index (χ3v) is 3.21. The van der Waals surface area contributed by atoms with E-state index in [9.17, 15) is 9.90 Å². The number of carboxylic acid groups (broad SMARTS) is 1. The minimum absolute atomic E-state index is 0.213. The number of hydrogen-bond donors (Lipinski definition) is 1. The average molecular weight is 234 g/mol. The van der Waals surface area contributed by atoms with Gasteiger partial charge < -0.3 is 5.11 Å².